The third-order valence-corrected chi connectivity index (χ3v) is 4.25. The van der Waals surface area contributed by atoms with Gasteiger partial charge < -0.3 is 10.6 Å². The van der Waals surface area contributed by atoms with Crippen LogP contribution in [0.1, 0.15) is 5.56 Å². The number of carbonyl (C=O) groups is 2. The van der Waals surface area contributed by atoms with Crippen LogP contribution in [0.4, 0.5) is 5.69 Å². The second-order valence-corrected chi connectivity index (χ2v) is 6.75. The molecule has 23 heavy (non-hydrogen) atoms. The SMILES string of the molecule is Cn1cc(CNC(=O)CSCC(=O)Nc2cccc(Br)c2)cn1. The maximum absolute atomic E-state index is 11.8. The number of halogens is 1. The topological polar surface area (TPSA) is 76.0 Å². The van der Waals surface area contributed by atoms with E-state index in [1.165, 1.54) is 11.8 Å². The first-order valence-corrected chi connectivity index (χ1v) is 8.85. The summed E-state index contributed by atoms with van der Waals surface area (Å²) >= 11 is 4.62. The molecule has 0 bridgehead atoms. The average molecular weight is 397 g/mol. The summed E-state index contributed by atoms with van der Waals surface area (Å²) in [6, 6.07) is 7.37. The summed E-state index contributed by atoms with van der Waals surface area (Å²) in [4.78, 5) is 23.5. The highest BCUT2D eigenvalue weighted by molar-refractivity contribution is 9.10. The Morgan fingerprint density at radius 1 is 1.30 bits per heavy atom. The molecule has 1 heterocycles. The number of hydrogen-bond donors (Lipinski definition) is 2. The lowest BCUT2D eigenvalue weighted by molar-refractivity contribution is -0.118. The molecule has 0 atom stereocenters. The summed E-state index contributed by atoms with van der Waals surface area (Å²) < 4.78 is 2.58. The number of benzene rings is 1. The van der Waals surface area contributed by atoms with Gasteiger partial charge >= 0.3 is 0 Å². The number of nitrogens with one attached hydrogen (secondary N) is 2. The first-order chi connectivity index (χ1) is 11.0. The Morgan fingerprint density at radius 3 is 2.78 bits per heavy atom. The standard InChI is InChI=1S/C15H17BrN4O2S/c1-20-8-11(7-18-20)6-17-14(21)9-23-10-15(22)19-13-4-2-3-12(16)5-13/h2-5,7-8H,6,9-10H2,1H3,(H,17,21)(H,19,22). The van der Waals surface area contributed by atoms with Crippen molar-refractivity contribution in [2.75, 3.05) is 16.8 Å². The van der Waals surface area contributed by atoms with E-state index in [-0.39, 0.29) is 23.3 Å². The van der Waals surface area contributed by atoms with Crippen molar-refractivity contribution >= 4 is 45.2 Å². The Bertz CT molecular complexity index is 690. The van der Waals surface area contributed by atoms with Crippen molar-refractivity contribution in [3.8, 4) is 0 Å². The van der Waals surface area contributed by atoms with E-state index in [1.807, 2.05) is 37.5 Å². The molecular formula is C15H17BrN4O2S. The molecule has 0 unspecified atom stereocenters. The fourth-order valence-electron chi connectivity index (χ4n) is 1.81. The monoisotopic (exact) mass is 396 g/mol. The highest BCUT2D eigenvalue weighted by Crippen LogP contribution is 2.15. The first-order valence-electron chi connectivity index (χ1n) is 6.90. The molecule has 6 nitrogen and oxygen atoms in total. The summed E-state index contributed by atoms with van der Waals surface area (Å²) in [7, 11) is 1.82. The van der Waals surface area contributed by atoms with E-state index in [1.54, 1.807) is 10.9 Å². The Hall–Kier alpha value is -1.80. The van der Waals surface area contributed by atoms with E-state index >= 15 is 0 Å². The Kier molecular flexibility index (Phi) is 6.66. The molecule has 0 saturated heterocycles. The van der Waals surface area contributed by atoms with Crippen LogP contribution >= 0.6 is 27.7 Å². The molecule has 0 spiro atoms. The van der Waals surface area contributed by atoms with Crippen molar-refractivity contribution in [3.05, 3.63) is 46.7 Å². The number of nitrogens with zero attached hydrogens (tertiary/aromatic N) is 2. The summed E-state index contributed by atoms with van der Waals surface area (Å²) in [6.45, 7) is 0.442. The van der Waals surface area contributed by atoms with Gasteiger partial charge in [0.25, 0.3) is 0 Å². The van der Waals surface area contributed by atoms with E-state index < -0.39 is 0 Å². The molecule has 0 fully saturated rings. The lowest BCUT2D eigenvalue weighted by atomic mass is 10.3. The normalized spacial score (nSPS) is 10.3. The Morgan fingerprint density at radius 2 is 2.09 bits per heavy atom. The smallest absolute Gasteiger partial charge is 0.234 e. The van der Waals surface area contributed by atoms with E-state index in [0.29, 0.717) is 6.54 Å². The van der Waals surface area contributed by atoms with Gasteiger partial charge in [0.15, 0.2) is 0 Å². The molecule has 0 radical (unpaired) electrons. The minimum atomic E-state index is -0.131. The van der Waals surface area contributed by atoms with Gasteiger partial charge in [-0.3, -0.25) is 14.3 Å². The lowest BCUT2D eigenvalue weighted by Gasteiger charge is -2.06. The van der Waals surface area contributed by atoms with Crippen LogP contribution in [-0.2, 0) is 23.2 Å². The van der Waals surface area contributed by atoms with Gasteiger partial charge in [-0.2, -0.15) is 5.10 Å². The number of anilines is 1. The molecular weight excluding hydrogens is 380 g/mol. The van der Waals surface area contributed by atoms with E-state index in [9.17, 15) is 9.59 Å². The number of aromatic nitrogens is 2. The fraction of sp³-hybridized carbons (Fsp3) is 0.267. The minimum Gasteiger partial charge on any atom is -0.351 e. The average Bonchev–Trinajstić information content (AvgIpc) is 2.91. The van der Waals surface area contributed by atoms with Crippen molar-refractivity contribution < 1.29 is 9.59 Å². The summed E-state index contributed by atoms with van der Waals surface area (Å²) in [5.74, 6) is 0.237. The predicted molar refractivity (Wildman–Crippen MR) is 95.2 cm³/mol. The van der Waals surface area contributed by atoms with Gasteiger partial charge in [-0.15, -0.1) is 11.8 Å². The van der Waals surface area contributed by atoms with E-state index in [4.69, 9.17) is 0 Å². The molecule has 2 rings (SSSR count). The minimum absolute atomic E-state index is 0.103. The van der Waals surface area contributed by atoms with E-state index in [0.717, 1.165) is 15.7 Å². The molecule has 2 aromatic rings. The highest BCUT2D eigenvalue weighted by Gasteiger charge is 2.07. The molecule has 0 aliphatic heterocycles. The molecule has 8 heteroatoms. The van der Waals surface area contributed by atoms with Gasteiger partial charge in [-0.1, -0.05) is 22.0 Å². The van der Waals surface area contributed by atoms with Crippen LogP contribution in [0.25, 0.3) is 0 Å². The van der Waals surface area contributed by atoms with Gasteiger partial charge in [0, 0.05) is 35.5 Å². The maximum atomic E-state index is 11.8. The molecule has 0 aliphatic carbocycles. The van der Waals surface area contributed by atoms with Crippen LogP contribution in [0.3, 0.4) is 0 Å². The van der Waals surface area contributed by atoms with Crippen molar-refractivity contribution in [1.29, 1.82) is 0 Å². The van der Waals surface area contributed by atoms with Crippen LogP contribution in [0.15, 0.2) is 41.1 Å². The molecule has 1 aromatic carbocycles. The molecule has 0 saturated carbocycles. The largest absolute Gasteiger partial charge is 0.351 e. The van der Waals surface area contributed by atoms with Gasteiger partial charge in [0.2, 0.25) is 11.8 Å². The summed E-state index contributed by atoms with van der Waals surface area (Å²) in [5, 5.41) is 9.61. The lowest BCUT2D eigenvalue weighted by Crippen LogP contribution is -2.25. The second kappa shape index (κ2) is 8.73. The van der Waals surface area contributed by atoms with Crippen molar-refractivity contribution in [3.63, 3.8) is 0 Å². The molecule has 2 amide bonds. The number of rotatable bonds is 7. The number of carbonyl (C=O) groups excluding carboxylic acids is 2. The van der Waals surface area contributed by atoms with Crippen LogP contribution < -0.4 is 10.6 Å². The maximum Gasteiger partial charge on any atom is 0.234 e. The molecule has 0 aliphatic rings. The number of hydrogen-bond acceptors (Lipinski definition) is 4. The summed E-state index contributed by atoms with van der Waals surface area (Å²) in [6.07, 6.45) is 3.55. The van der Waals surface area contributed by atoms with Crippen LogP contribution in [0.2, 0.25) is 0 Å². The first kappa shape index (κ1) is 17.6. The zero-order chi connectivity index (χ0) is 16.7. The van der Waals surface area contributed by atoms with Crippen molar-refractivity contribution in [1.82, 2.24) is 15.1 Å². The van der Waals surface area contributed by atoms with Crippen molar-refractivity contribution in [2.24, 2.45) is 7.05 Å². The second-order valence-electron chi connectivity index (χ2n) is 4.85. The van der Waals surface area contributed by atoms with Gasteiger partial charge in [0.1, 0.15) is 0 Å². The number of thioether (sulfide) groups is 1. The van der Waals surface area contributed by atoms with Gasteiger partial charge in [-0.25, -0.2) is 0 Å². The van der Waals surface area contributed by atoms with Crippen LogP contribution in [-0.4, -0.2) is 33.1 Å². The highest BCUT2D eigenvalue weighted by atomic mass is 79.9. The summed E-state index contributed by atoms with van der Waals surface area (Å²) in [5.41, 5.74) is 1.67. The Labute approximate surface area is 147 Å². The third-order valence-electron chi connectivity index (χ3n) is 2.82. The van der Waals surface area contributed by atoms with Crippen LogP contribution in [0, 0.1) is 0 Å². The third kappa shape index (κ3) is 6.45. The number of aryl methyl sites for hydroxylation is 1. The molecule has 1 aromatic heterocycles. The quantitative estimate of drug-likeness (QED) is 0.751. The van der Waals surface area contributed by atoms with Gasteiger partial charge in [-0.05, 0) is 18.2 Å². The molecule has 2 N–H and O–H groups in total. The Balaban J connectivity index is 1.64. The predicted octanol–water partition coefficient (Wildman–Crippen LogP) is 2.17. The fourth-order valence-corrected chi connectivity index (χ4v) is 2.86. The van der Waals surface area contributed by atoms with E-state index in [2.05, 4.69) is 31.7 Å². The van der Waals surface area contributed by atoms with Crippen LogP contribution in [0.5, 0.6) is 0 Å². The zero-order valence-electron chi connectivity index (χ0n) is 12.6. The van der Waals surface area contributed by atoms with Gasteiger partial charge in [0.05, 0.1) is 17.7 Å². The van der Waals surface area contributed by atoms with Crippen molar-refractivity contribution in [2.45, 2.75) is 6.54 Å². The number of amides is 2. The zero-order valence-corrected chi connectivity index (χ0v) is 15.0. The molecule has 122 valence electrons.